The van der Waals surface area contributed by atoms with Gasteiger partial charge in [-0.1, -0.05) is 0 Å². The minimum absolute atomic E-state index is 0.0659. The number of pyridine rings is 1. The van der Waals surface area contributed by atoms with Crippen LogP contribution in [0, 0.1) is 0 Å². The second-order valence-corrected chi connectivity index (χ2v) is 4.57. The van der Waals surface area contributed by atoms with Gasteiger partial charge in [-0.25, -0.2) is 0 Å². The van der Waals surface area contributed by atoms with E-state index in [1.54, 1.807) is 17.7 Å². The number of aromatic nitrogens is 1. The molecule has 0 N–H and O–H groups in total. The molecule has 0 fully saturated rings. The van der Waals surface area contributed by atoms with Gasteiger partial charge < -0.3 is 14.0 Å². The predicted molar refractivity (Wildman–Crippen MR) is 70.7 cm³/mol. The third-order valence-electron chi connectivity index (χ3n) is 3.30. The Hall–Kier alpha value is -1.46. The summed E-state index contributed by atoms with van der Waals surface area (Å²) in [6.45, 7) is 1.99. The highest BCUT2D eigenvalue weighted by molar-refractivity contribution is 5.97. The molecule has 1 aromatic rings. The summed E-state index contributed by atoms with van der Waals surface area (Å²) in [7, 11) is 1.62. The first-order chi connectivity index (χ1) is 9.24. The van der Waals surface area contributed by atoms with Crippen LogP contribution in [0.5, 0.6) is 0 Å². The molecule has 0 aliphatic heterocycles. The molecule has 5 heteroatoms. The summed E-state index contributed by atoms with van der Waals surface area (Å²) in [6, 6.07) is 3.12. The molecule has 0 bridgehead atoms. The summed E-state index contributed by atoms with van der Waals surface area (Å²) in [5.74, 6) is 0.135. The fourth-order valence-corrected chi connectivity index (χ4v) is 2.34. The fraction of sp³-hybridized carbons (Fsp3) is 0.571. The standard InChI is InChI=1S/C14H19NO4/c1-18-9-10-19-8-7-15-12-3-2-4-13(16)11(12)5-6-14(15)17/h5-6H,2-4,7-10H2,1H3. The van der Waals surface area contributed by atoms with Gasteiger partial charge in [0.1, 0.15) is 0 Å². The van der Waals surface area contributed by atoms with Gasteiger partial charge in [-0.3, -0.25) is 9.59 Å². The summed E-state index contributed by atoms with van der Waals surface area (Å²) < 4.78 is 11.9. The van der Waals surface area contributed by atoms with E-state index >= 15 is 0 Å². The number of Topliss-reactive ketones (excluding diaryl/α,β-unsaturated/α-hetero) is 1. The molecule has 1 aliphatic carbocycles. The van der Waals surface area contributed by atoms with E-state index in [1.165, 1.54) is 6.07 Å². The van der Waals surface area contributed by atoms with Crippen molar-refractivity contribution in [3.63, 3.8) is 0 Å². The van der Waals surface area contributed by atoms with E-state index in [1.807, 2.05) is 0 Å². The van der Waals surface area contributed by atoms with E-state index in [9.17, 15) is 9.59 Å². The lowest BCUT2D eigenvalue weighted by Gasteiger charge is -2.19. The molecule has 0 spiro atoms. The Balaban J connectivity index is 2.09. The van der Waals surface area contributed by atoms with Crippen LogP contribution < -0.4 is 5.56 Å². The molecule has 0 amide bonds. The molecule has 1 heterocycles. The molecule has 0 radical (unpaired) electrons. The highest BCUT2D eigenvalue weighted by atomic mass is 16.5. The Morgan fingerprint density at radius 3 is 2.79 bits per heavy atom. The first-order valence-electron chi connectivity index (χ1n) is 6.56. The average molecular weight is 265 g/mol. The van der Waals surface area contributed by atoms with Crippen LogP contribution in [0.1, 0.15) is 28.9 Å². The smallest absolute Gasteiger partial charge is 0.250 e. The molecular weight excluding hydrogens is 246 g/mol. The molecule has 104 valence electrons. The lowest BCUT2D eigenvalue weighted by molar-refractivity contribution is 0.0658. The number of ether oxygens (including phenoxy) is 2. The second-order valence-electron chi connectivity index (χ2n) is 4.57. The van der Waals surface area contributed by atoms with Crippen LogP contribution in [0.4, 0.5) is 0 Å². The van der Waals surface area contributed by atoms with Crippen LogP contribution in [0.25, 0.3) is 0 Å². The van der Waals surface area contributed by atoms with Gasteiger partial charge in [-0.05, 0) is 18.9 Å². The number of fused-ring (bicyclic) bond motifs is 1. The van der Waals surface area contributed by atoms with Gasteiger partial charge in [-0.15, -0.1) is 0 Å². The molecule has 19 heavy (non-hydrogen) atoms. The van der Waals surface area contributed by atoms with Crippen LogP contribution in [-0.4, -0.2) is 37.3 Å². The van der Waals surface area contributed by atoms with Gasteiger partial charge in [0.2, 0.25) is 0 Å². The number of rotatable bonds is 6. The van der Waals surface area contributed by atoms with Crippen molar-refractivity contribution in [2.75, 3.05) is 26.9 Å². The predicted octanol–water partition coefficient (Wildman–Crippen LogP) is 1.03. The number of carbonyl (C=O) groups is 1. The number of carbonyl (C=O) groups excluding carboxylic acids is 1. The Morgan fingerprint density at radius 1 is 1.16 bits per heavy atom. The minimum atomic E-state index is -0.0659. The topological polar surface area (TPSA) is 57.5 Å². The Kier molecular flexibility index (Phi) is 4.87. The normalized spacial score (nSPS) is 14.5. The van der Waals surface area contributed by atoms with Gasteiger partial charge in [0.25, 0.3) is 5.56 Å². The minimum Gasteiger partial charge on any atom is -0.382 e. The van der Waals surface area contributed by atoms with Crippen molar-refractivity contribution in [3.8, 4) is 0 Å². The van der Waals surface area contributed by atoms with Gasteiger partial charge in [0.05, 0.1) is 19.8 Å². The number of hydrogen-bond acceptors (Lipinski definition) is 4. The van der Waals surface area contributed by atoms with Gasteiger partial charge in [0.15, 0.2) is 5.78 Å². The number of ketones is 1. The van der Waals surface area contributed by atoms with E-state index < -0.39 is 0 Å². The van der Waals surface area contributed by atoms with E-state index in [0.717, 1.165) is 18.5 Å². The monoisotopic (exact) mass is 265 g/mol. The largest absolute Gasteiger partial charge is 0.382 e. The van der Waals surface area contributed by atoms with E-state index in [0.29, 0.717) is 38.3 Å². The summed E-state index contributed by atoms with van der Waals surface area (Å²) >= 11 is 0. The summed E-state index contributed by atoms with van der Waals surface area (Å²) in [5, 5.41) is 0. The quantitative estimate of drug-likeness (QED) is 0.721. The zero-order valence-corrected chi connectivity index (χ0v) is 11.2. The zero-order valence-electron chi connectivity index (χ0n) is 11.2. The van der Waals surface area contributed by atoms with E-state index in [-0.39, 0.29) is 11.3 Å². The van der Waals surface area contributed by atoms with Crippen molar-refractivity contribution >= 4 is 5.78 Å². The van der Waals surface area contributed by atoms with Crippen LogP contribution in [0.2, 0.25) is 0 Å². The molecule has 0 aromatic carbocycles. The number of methoxy groups -OCH3 is 1. The third kappa shape index (κ3) is 3.30. The van der Waals surface area contributed by atoms with Crippen molar-refractivity contribution in [3.05, 3.63) is 33.7 Å². The highest BCUT2D eigenvalue weighted by Crippen LogP contribution is 2.19. The first kappa shape index (κ1) is 14.0. The van der Waals surface area contributed by atoms with Crippen LogP contribution >= 0.6 is 0 Å². The Labute approximate surface area is 112 Å². The van der Waals surface area contributed by atoms with Crippen LogP contribution in [0.3, 0.4) is 0 Å². The van der Waals surface area contributed by atoms with Gasteiger partial charge >= 0.3 is 0 Å². The van der Waals surface area contributed by atoms with Crippen molar-refractivity contribution in [1.29, 1.82) is 0 Å². The molecule has 0 saturated heterocycles. The number of nitrogens with zero attached hydrogens (tertiary/aromatic N) is 1. The molecule has 5 nitrogen and oxygen atoms in total. The summed E-state index contributed by atoms with van der Waals surface area (Å²) in [6.07, 6.45) is 2.19. The SMILES string of the molecule is COCCOCCn1c2c(ccc1=O)C(=O)CCC2. The second kappa shape index (κ2) is 6.63. The zero-order chi connectivity index (χ0) is 13.7. The number of hydrogen-bond donors (Lipinski definition) is 0. The molecule has 0 atom stereocenters. The van der Waals surface area contributed by atoms with Crippen molar-refractivity contribution in [1.82, 2.24) is 4.57 Å². The van der Waals surface area contributed by atoms with Crippen LogP contribution in [0.15, 0.2) is 16.9 Å². The lowest BCUT2D eigenvalue weighted by Crippen LogP contribution is -2.29. The third-order valence-corrected chi connectivity index (χ3v) is 3.30. The maximum Gasteiger partial charge on any atom is 0.250 e. The molecule has 0 saturated carbocycles. The highest BCUT2D eigenvalue weighted by Gasteiger charge is 2.20. The van der Waals surface area contributed by atoms with Crippen molar-refractivity contribution in [2.45, 2.75) is 25.8 Å². The fourth-order valence-electron chi connectivity index (χ4n) is 2.34. The van der Waals surface area contributed by atoms with Gasteiger partial charge in [0, 0.05) is 37.4 Å². The molecule has 0 unspecified atom stereocenters. The Bertz CT molecular complexity index is 507. The van der Waals surface area contributed by atoms with Crippen LogP contribution in [-0.2, 0) is 22.4 Å². The first-order valence-corrected chi connectivity index (χ1v) is 6.56. The Morgan fingerprint density at radius 2 is 2.00 bits per heavy atom. The summed E-state index contributed by atoms with van der Waals surface area (Å²) in [5.41, 5.74) is 1.49. The van der Waals surface area contributed by atoms with Crippen molar-refractivity contribution in [2.24, 2.45) is 0 Å². The van der Waals surface area contributed by atoms with E-state index in [2.05, 4.69) is 0 Å². The maximum absolute atomic E-state index is 11.9. The maximum atomic E-state index is 11.9. The lowest BCUT2D eigenvalue weighted by atomic mass is 9.94. The molecule has 2 rings (SSSR count). The molecule has 1 aliphatic rings. The van der Waals surface area contributed by atoms with E-state index in [4.69, 9.17) is 9.47 Å². The van der Waals surface area contributed by atoms with Crippen molar-refractivity contribution < 1.29 is 14.3 Å². The molecular formula is C14H19NO4. The molecule has 1 aromatic heterocycles. The van der Waals surface area contributed by atoms with Gasteiger partial charge in [-0.2, -0.15) is 0 Å². The average Bonchev–Trinajstić information content (AvgIpc) is 2.41. The summed E-state index contributed by atoms with van der Waals surface area (Å²) in [4.78, 5) is 23.7.